The molecule has 0 aliphatic carbocycles. The molecule has 2 heterocycles. The molecule has 0 spiro atoms. The first-order valence-electron chi connectivity index (χ1n) is 4.41. The summed E-state index contributed by atoms with van der Waals surface area (Å²) in [5.74, 6) is 0. The molecule has 2 bridgehead atoms. The van der Waals surface area contributed by atoms with E-state index in [2.05, 4.69) is 32.9 Å². The van der Waals surface area contributed by atoms with E-state index in [0.717, 1.165) is 0 Å². The fourth-order valence-corrected chi connectivity index (χ4v) is 2.07. The second-order valence-electron chi connectivity index (χ2n) is 4.69. The Balaban J connectivity index is 2.31. The zero-order valence-corrected chi connectivity index (χ0v) is 7.55. The zero-order chi connectivity index (χ0) is 8.11. The van der Waals surface area contributed by atoms with E-state index < -0.39 is 0 Å². The minimum atomic E-state index is 0.0671. The Bertz CT molecular complexity index is 199. The summed E-state index contributed by atoms with van der Waals surface area (Å²) >= 11 is 0. The maximum atomic E-state index is 5.91. The van der Waals surface area contributed by atoms with Gasteiger partial charge in [0.1, 0.15) is 0 Å². The van der Waals surface area contributed by atoms with E-state index in [0.29, 0.717) is 6.10 Å². The van der Waals surface area contributed by atoms with Crippen LogP contribution in [0.25, 0.3) is 0 Å². The molecule has 11 heavy (non-hydrogen) atoms. The Hall–Kier alpha value is -0.300. The Morgan fingerprint density at radius 2 is 2.18 bits per heavy atom. The van der Waals surface area contributed by atoms with Crippen LogP contribution in [0.5, 0.6) is 0 Å². The molecule has 0 radical (unpaired) electrons. The molecule has 1 heteroatoms. The Labute approximate surface area is 68.4 Å². The summed E-state index contributed by atoms with van der Waals surface area (Å²) < 4.78 is 5.91. The third-order valence-corrected chi connectivity index (χ3v) is 3.01. The van der Waals surface area contributed by atoms with E-state index in [9.17, 15) is 0 Å². The van der Waals surface area contributed by atoms with Crippen LogP contribution >= 0.6 is 0 Å². The minimum absolute atomic E-state index is 0.0671. The summed E-state index contributed by atoms with van der Waals surface area (Å²) in [6, 6.07) is 0. The molecule has 0 amide bonds. The van der Waals surface area contributed by atoms with E-state index in [1.165, 1.54) is 12.8 Å². The van der Waals surface area contributed by atoms with Crippen LogP contribution in [0.2, 0.25) is 0 Å². The SMILES string of the molecule is CC(C)(C)C12C=CC(CC1)O2. The van der Waals surface area contributed by atoms with Crippen molar-refractivity contribution in [3.8, 4) is 0 Å². The van der Waals surface area contributed by atoms with Crippen molar-refractivity contribution in [2.45, 2.75) is 45.3 Å². The summed E-state index contributed by atoms with van der Waals surface area (Å²) in [6.45, 7) is 6.76. The predicted octanol–water partition coefficient (Wildman–Crippen LogP) is 2.52. The number of hydrogen-bond acceptors (Lipinski definition) is 1. The molecule has 2 aliphatic heterocycles. The molecule has 62 valence electrons. The summed E-state index contributed by atoms with van der Waals surface area (Å²) in [5, 5.41) is 0. The highest BCUT2D eigenvalue weighted by Gasteiger charge is 2.49. The van der Waals surface area contributed by atoms with Crippen molar-refractivity contribution in [3.05, 3.63) is 12.2 Å². The second-order valence-corrected chi connectivity index (χ2v) is 4.69. The molecule has 2 unspecified atom stereocenters. The van der Waals surface area contributed by atoms with Crippen LogP contribution < -0.4 is 0 Å². The lowest BCUT2D eigenvalue weighted by molar-refractivity contribution is -0.0441. The first kappa shape index (κ1) is 7.35. The molecule has 2 rings (SSSR count). The maximum Gasteiger partial charge on any atom is 0.0920 e. The van der Waals surface area contributed by atoms with Crippen molar-refractivity contribution < 1.29 is 4.74 Å². The van der Waals surface area contributed by atoms with E-state index in [1.54, 1.807) is 0 Å². The first-order valence-corrected chi connectivity index (χ1v) is 4.41. The van der Waals surface area contributed by atoms with Gasteiger partial charge in [0.05, 0.1) is 11.7 Å². The van der Waals surface area contributed by atoms with Crippen molar-refractivity contribution in [1.82, 2.24) is 0 Å². The summed E-state index contributed by atoms with van der Waals surface area (Å²) in [7, 11) is 0. The molecule has 2 atom stereocenters. The lowest BCUT2D eigenvalue weighted by atomic mass is 9.73. The summed E-state index contributed by atoms with van der Waals surface area (Å²) in [5.41, 5.74) is 0.326. The van der Waals surface area contributed by atoms with Crippen molar-refractivity contribution >= 4 is 0 Å². The normalized spacial score (nSPS) is 41.9. The molecule has 0 saturated carbocycles. The van der Waals surface area contributed by atoms with Gasteiger partial charge in [0, 0.05) is 0 Å². The molecular formula is C10H16O. The van der Waals surface area contributed by atoms with E-state index in [1.807, 2.05) is 0 Å². The number of fused-ring (bicyclic) bond motifs is 2. The van der Waals surface area contributed by atoms with Crippen LogP contribution in [0.3, 0.4) is 0 Å². The quantitative estimate of drug-likeness (QED) is 0.485. The summed E-state index contributed by atoms with van der Waals surface area (Å²) in [4.78, 5) is 0. The molecule has 1 fully saturated rings. The second kappa shape index (κ2) is 1.89. The van der Waals surface area contributed by atoms with Crippen LogP contribution in [0.4, 0.5) is 0 Å². The molecule has 1 saturated heterocycles. The van der Waals surface area contributed by atoms with Crippen molar-refractivity contribution in [2.75, 3.05) is 0 Å². The van der Waals surface area contributed by atoms with Gasteiger partial charge in [0.25, 0.3) is 0 Å². The lowest BCUT2D eigenvalue weighted by Gasteiger charge is -2.36. The highest BCUT2D eigenvalue weighted by Crippen LogP contribution is 2.48. The van der Waals surface area contributed by atoms with Gasteiger partial charge in [-0.3, -0.25) is 0 Å². The first-order chi connectivity index (χ1) is 5.04. The van der Waals surface area contributed by atoms with Crippen molar-refractivity contribution in [3.63, 3.8) is 0 Å². The Kier molecular flexibility index (Phi) is 1.26. The molecule has 0 aromatic rings. The molecule has 0 N–H and O–H groups in total. The minimum Gasteiger partial charge on any atom is -0.363 e. The van der Waals surface area contributed by atoms with Crippen molar-refractivity contribution in [1.29, 1.82) is 0 Å². The Morgan fingerprint density at radius 3 is 2.36 bits per heavy atom. The monoisotopic (exact) mass is 152 g/mol. The summed E-state index contributed by atoms with van der Waals surface area (Å²) in [6.07, 6.45) is 7.33. The van der Waals surface area contributed by atoms with E-state index >= 15 is 0 Å². The highest BCUT2D eigenvalue weighted by molar-refractivity contribution is 5.20. The van der Waals surface area contributed by atoms with Gasteiger partial charge in [-0.15, -0.1) is 0 Å². The average molecular weight is 152 g/mol. The average Bonchev–Trinajstić information content (AvgIpc) is 2.42. The highest BCUT2D eigenvalue weighted by atomic mass is 16.5. The topological polar surface area (TPSA) is 9.23 Å². The number of rotatable bonds is 0. The van der Waals surface area contributed by atoms with E-state index in [4.69, 9.17) is 4.74 Å². The molecule has 2 aliphatic rings. The standard InChI is InChI=1S/C10H16O/c1-9(2,3)10-6-4-8(11-10)5-7-10/h4,6,8H,5,7H2,1-3H3. The largest absolute Gasteiger partial charge is 0.363 e. The fraction of sp³-hybridized carbons (Fsp3) is 0.800. The van der Waals surface area contributed by atoms with Gasteiger partial charge in [-0.1, -0.05) is 32.9 Å². The maximum absolute atomic E-state index is 5.91. The molecule has 0 aromatic heterocycles. The fourth-order valence-electron chi connectivity index (χ4n) is 2.07. The van der Waals surface area contributed by atoms with E-state index in [-0.39, 0.29) is 11.0 Å². The van der Waals surface area contributed by atoms with Gasteiger partial charge in [0.2, 0.25) is 0 Å². The van der Waals surface area contributed by atoms with Gasteiger partial charge in [-0.25, -0.2) is 0 Å². The molecular weight excluding hydrogens is 136 g/mol. The van der Waals surface area contributed by atoms with Gasteiger partial charge in [-0.2, -0.15) is 0 Å². The van der Waals surface area contributed by atoms with Gasteiger partial charge < -0.3 is 4.74 Å². The predicted molar refractivity (Wildman–Crippen MR) is 45.4 cm³/mol. The van der Waals surface area contributed by atoms with Crippen LogP contribution in [0.1, 0.15) is 33.6 Å². The number of hydrogen-bond donors (Lipinski definition) is 0. The Morgan fingerprint density at radius 1 is 1.45 bits per heavy atom. The number of ether oxygens (including phenoxy) is 1. The van der Waals surface area contributed by atoms with Gasteiger partial charge in [-0.05, 0) is 18.3 Å². The van der Waals surface area contributed by atoms with Gasteiger partial charge in [0.15, 0.2) is 0 Å². The lowest BCUT2D eigenvalue weighted by Crippen LogP contribution is -2.38. The van der Waals surface area contributed by atoms with Crippen molar-refractivity contribution in [2.24, 2.45) is 5.41 Å². The third-order valence-electron chi connectivity index (χ3n) is 3.01. The zero-order valence-electron chi connectivity index (χ0n) is 7.55. The van der Waals surface area contributed by atoms with Crippen LogP contribution in [0.15, 0.2) is 12.2 Å². The van der Waals surface area contributed by atoms with Crippen LogP contribution in [-0.4, -0.2) is 11.7 Å². The van der Waals surface area contributed by atoms with Gasteiger partial charge >= 0.3 is 0 Å². The molecule has 0 aromatic carbocycles. The smallest absolute Gasteiger partial charge is 0.0920 e. The third kappa shape index (κ3) is 0.871. The van der Waals surface area contributed by atoms with Crippen LogP contribution in [0, 0.1) is 5.41 Å². The van der Waals surface area contributed by atoms with Crippen LogP contribution in [-0.2, 0) is 4.74 Å². The molecule has 1 nitrogen and oxygen atoms in total.